The summed E-state index contributed by atoms with van der Waals surface area (Å²) in [4.78, 5) is 27.7. The Labute approximate surface area is 208 Å². The summed E-state index contributed by atoms with van der Waals surface area (Å²) < 4.78 is 2.10. The standard InChI is InChI=1S/C28H40N4O3/c1-17-7-8-20(18(2)13-17)14-25(35)22-15-31(19(3)33)16-23(22)26-29-30-27(32(26)21-9-10-21)24(34)11-12-28(4,5)6/h7-8,13,21-24,34H,9-12,14-16H2,1-6H3/t22-,23-,24?/m0/s1. The van der Waals surface area contributed by atoms with Gasteiger partial charge in [0.15, 0.2) is 5.82 Å². The van der Waals surface area contributed by atoms with Gasteiger partial charge in [0.1, 0.15) is 17.7 Å². The van der Waals surface area contributed by atoms with E-state index in [1.165, 1.54) is 5.56 Å². The van der Waals surface area contributed by atoms with Crippen LogP contribution in [0.5, 0.6) is 0 Å². The van der Waals surface area contributed by atoms with Gasteiger partial charge < -0.3 is 14.6 Å². The van der Waals surface area contributed by atoms with Crippen LogP contribution in [0, 0.1) is 25.2 Å². The quantitative estimate of drug-likeness (QED) is 0.603. The zero-order valence-corrected chi connectivity index (χ0v) is 22.0. The van der Waals surface area contributed by atoms with Crippen molar-refractivity contribution in [1.29, 1.82) is 0 Å². The molecular formula is C28H40N4O3. The topological polar surface area (TPSA) is 88.3 Å². The van der Waals surface area contributed by atoms with E-state index in [9.17, 15) is 14.7 Å². The molecule has 1 N–H and O–H groups in total. The summed E-state index contributed by atoms with van der Waals surface area (Å²) in [5.41, 5.74) is 3.44. The Morgan fingerprint density at radius 1 is 1.14 bits per heavy atom. The van der Waals surface area contributed by atoms with Gasteiger partial charge in [-0.25, -0.2) is 0 Å². The van der Waals surface area contributed by atoms with Gasteiger partial charge >= 0.3 is 0 Å². The van der Waals surface area contributed by atoms with E-state index in [0.717, 1.165) is 36.2 Å². The molecule has 4 rings (SSSR count). The van der Waals surface area contributed by atoms with Crippen LogP contribution in [0.1, 0.15) is 99.8 Å². The van der Waals surface area contributed by atoms with Crippen LogP contribution >= 0.6 is 0 Å². The predicted octanol–water partition coefficient (Wildman–Crippen LogP) is 4.46. The number of amides is 1. The van der Waals surface area contributed by atoms with Crippen molar-refractivity contribution in [1.82, 2.24) is 19.7 Å². The van der Waals surface area contributed by atoms with E-state index in [1.54, 1.807) is 11.8 Å². The van der Waals surface area contributed by atoms with Gasteiger partial charge in [-0.2, -0.15) is 0 Å². The van der Waals surface area contributed by atoms with E-state index < -0.39 is 6.10 Å². The van der Waals surface area contributed by atoms with Crippen LogP contribution in [-0.2, 0) is 16.0 Å². The monoisotopic (exact) mass is 480 g/mol. The Hall–Kier alpha value is -2.54. The lowest BCUT2D eigenvalue weighted by atomic mass is 9.87. The second-order valence-electron chi connectivity index (χ2n) is 11.8. The van der Waals surface area contributed by atoms with Crippen molar-refractivity contribution in [3.8, 4) is 0 Å². The average molecular weight is 481 g/mol. The van der Waals surface area contributed by atoms with Gasteiger partial charge in [-0.3, -0.25) is 9.59 Å². The van der Waals surface area contributed by atoms with Crippen LogP contribution in [0.4, 0.5) is 0 Å². The van der Waals surface area contributed by atoms with Crippen LogP contribution in [0.15, 0.2) is 18.2 Å². The zero-order valence-electron chi connectivity index (χ0n) is 22.0. The average Bonchev–Trinajstić information content (AvgIpc) is 3.35. The second kappa shape index (κ2) is 9.84. The molecule has 0 radical (unpaired) electrons. The molecule has 1 aliphatic carbocycles. The van der Waals surface area contributed by atoms with E-state index in [1.807, 2.05) is 19.1 Å². The largest absolute Gasteiger partial charge is 0.385 e. The Morgan fingerprint density at radius 3 is 2.46 bits per heavy atom. The van der Waals surface area contributed by atoms with Crippen molar-refractivity contribution in [2.24, 2.45) is 11.3 Å². The minimum Gasteiger partial charge on any atom is -0.385 e. The number of hydrogen-bond acceptors (Lipinski definition) is 5. The normalized spacial score (nSPS) is 21.4. The maximum absolute atomic E-state index is 13.6. The van der Waals surface area contributed by atoms with E-state index in [4.69, 9.17) is 0 Å². The second-order valence-corrected chi connectivity index (χ2v) is 11.8. The van der Waals surface area contributed by atoms with E-state index >= 15 is 0 Å². The third-order valence-corrected chi connectivity index (χ3v) is 7.50. The molecule has 35 heavy (non-hydrogen) atoms. The molecule has 3 atom stereocenters. The number of aliphatic hydroxyl groups excluding tert-OH is 1. The molecule has 2 aromatic rings. The highest BCUT2D eigenvalue weighted by molar-refractivity contribution is 5.86. The first-order chi connectivity index (χ1) is 16.4. The molecule has 1 aromatic heterocycles. The maximum Gasteiger partial charge on any atom is 0.219 e. The molecular weight excluding hydrogens is 440 g/mol. The zero-order chi connectivity index (χ0) is 25.5. The number of aryl methyl sites for hydroxylation is 2. The van der Waals surface area contributed by atoms with Crippen molar-refractivity contribution in [3.05, 3.63) is 46.5 Å². The molecule has 7 nitrogen and oxygen atoms in total. The summed E-state index contributed by atoms with van der Waals surface area (Å²) in [5.74, 6) is 0.911. The molecule has 1 amide bonds. The van der Waals surface area contributed by atoms with E-state index in [0.29, 0.717) is 31.8 Å². The first-order valence-electron chi connectivity index (χ1n) is 12.9. The number of aliphatic hydroxyl groups is 1. The summed E-state index contributed by atoms with van der Waals surface area (Å²) in [6.07, 6.45) is 3.19. The van der Waals surface area contributed by atoms with Crippen molar-refractivity contribution < 1.29 is 14.7 Å². The number of ketones is 1. The molecule has 1 aliphatic heterocycles. The SMILES string of the molecule is CC(=O)N1C[C@H](C(=O)Cc2ccc(C)cc2C)[C@@H](c2nnc(C(O)CCC(C)(C)C)n2C2CC2)C1. The third kappa shape index (κ3) is 5.83. The fourth-order valence-electron chi connectivity index (χ4n) is 5.21. The minimum atomic E-state index is -0.689. The number of likely N-dealkylation sites (tertiary alicyclic amines) is 1. The first-order valence-corrected chi connectivity index (χ1v) is 12.9. The summed E-state index contributed by atoms with van der Waals surface area (Å²) in [7, 11) is 0. The van der Waals surface area contributed by atoms with Crippen molar-refractivity contribution in [3.63, 3.8) is 0 Å². The molecule has 190 valence electrons. The Bertz CT molecular complexity index is 1100. The number of carbonyl (C=O) groups excluding carboxylic acids is 2. The van der Waals surface area contributed by atoms with Crippen molar-refractivity contribution in [2.45, 2.75) is 91.7 Å². The molecule has 0 bridgehead atoms. The predicted molar refractivity (Wildman–Crippen MR) is 135 cm³/mol. The number of hydrogen-bond donors (Lipinski definition) is 1. The molecule has 0 spiro atoms. The van der Waals surface area contributed by atoms with Crippen LogP contribution < -0.4 is 0 Å². The molecule has 2 heterocycles. The van der Waals surface area contributed by atoms with Crippen molar-refractivity contribution in [2.75, 3.05) is 13.1 Å². The third-order valence-electron chi connectivity index (χ3n) is 7.50. The molecule has 7 heteroatoms. The fraction of sp³-hybridized carbons (Fsp3) is 0.643. The summed E-state index contributed by atoms with van der Waals surface area (Å²) in [6.45, 7) is 13.0. The highest BCUT2D eigenvalue weighted by Gasteiger charge is 2.44. The van der Waals surface area contributed by atoms with Gasteiger partial charge in [0.25, 0.3) is 0 Å². The van der Waals surface area contributed by atoms with Gasteiger partial charge in [0.05, 0.1) is 0 Å². The molecule has 1 saturated heterocycles. The Morgan fingerprint density at radius 2 is 1.86 bits per heavy atom. The van der Waals surface area contributed by atoms with Gasteiger partial charge in [0, 0.05) is 44.3 Å². The number of Topliss-reactive ketones (excluding diaryl/α,β-unsaturated/α-hetero) is 1. The van der Waals surface area contributed by atoms with Gasteiger partial charge in [-0.05, 0) is 56.1 Å². The van der Waals surface area contributed by atoms with Gasteiger partial charge in [-0.1, -0.05) is 44.5 Å². The number of carbonyl (C=O) groups is 2. The fourth-order valence-corrected chi connectivity index (χ4v) is 5.21. The van der Waals surface area contributed by atoms with Crippen LogP contribution in [0.2, 0.25) is 0 Å². The number of nitrogens with zero attached hydrogens (tertiary/aromatic N) is 4. The van der Waals surface area contributed by atoms with Crippen LogP contribution in [0.25, 0.3) is 0 Å². The summed E-state index contributed by atoms with van der Waals surface area (Å²) in [6, 6.07) is 6.44. The maximum atomic E-state index is 13.6. The first kappa shape index (κ1) is 25.5. The molecule has 1 aromatic carbocycles. The van der Waals surface area contributed by atoms with E-state index in [2.05, 4.69) is 48.5 Å². The lowest BCUT2D eigenvalue weighted by Crippen LogP contribution is -2.28. The number of benzene rings is 1. The smallest absolute Gasteiger partial charge is 0.219 e. The summed E-state index contributed by atoms with van der Waals surface area (Å²) >= 11 is 0. The van der Waals surface area contributed by atoms with Crippen LogP contribution in [0.3, 0.4) is 0 Å². The van der Waals surface area contributed by atoms with Crippen LogP contribution in [-0.4, -0.2) is 49.6 Å². The molecule has 2 aliphatic rings. The Balaban J connectivity index is 1.62. The lowest BCUT2D eigenvalue weighted by molar-refractivity contribution is -0.128. The minimum absolute atomic E-state index is 0.0280. The summed E-state index contributed by atoms with van der Waals surface area (Å²) in [5, 5.41) is 20.0. The Kier molecular flexibility index (Phi) is 7.18. The number of aromatic nitrogens is 3. The molecule has 2 fully saturated rings. The van der Waals surface area contributed by atoms with Gasteiger partial charge in [-0.15, -0.1) is 10.2 Å². The van der Waals surface area contributed by atoms with Crippen molar-refractivity contribution >= 4 is 11.7 Å². The molecule has 1 saturated carbocycles. The highest BCUT2D eigenvalue weighted by Crippen LogP contribution is 2.43. The van der Waals surface area contributed by atoms with E-state index in [-0.39, 0.29) is 35.0 Å². The lowest BCUT2D eigenvalue weighted by Gasteiger charge is -2.22. The van der Waals surface area contributed by atoms with Gasteiger partial charge in [0.2, 0.25) is 5.91 Å². The number of rotatable bonds is 8. The molecule has 1 unspecified atom stereocenters. The highest BCUT2D eigenvalue weighted by atomic mass is 16.3.